The maximum absolute atomic E-state index is 11.9. The first kappa shape index (κ1) is 13.6. The number of hydrogen-bond donors (Lipinski definition) is 2. The number of nitrogens with two attached hydrogens (primary N) is 1. The Balaban J connectivity index is 2.85. The number of aromatic nitrogens is 3. The van der Waals surface area contributed by atoms with Crippen LogP contribution in [-0.2, 0) is 4.74 Å². The maximum Gasteiger partial charge on any atom is 0.361 e. The zero-order chi connectivity index (χ0) is 13.1. The lowest BCUT2D eigenvalue weighted by Crippen LogP contribution is -2.25. The molecule has 17 heavy (non-hydrogen) atoms. The molecule has 0 aliphatic carbocycles. The molecule has 0 bridgehead atoms. The van der Waals surface area contributed by atoms with Crippen LogP contribution in [0.5, 0.6) is 0 Å². The van der Waals surface area contributed by atoms with Crippen molar-refractivity contribution in [3.8, 4) is 0 Å². The van der Waals surface area contributed by atoms with E-state index in [4.69, 9.17) is 10.5 Å². The van der Waals surface area contributed by atoms with E-state index in [1.54, 1.807) is 20.8 Å². The lowest BCUT2D eigenvalue weighted by Gasteiger charge is -2.19. The fourth-order valence-corrected chi connectivity index (χ4v) is 1.42. The third kappa shape index (κ3) is 3.81. The van der Waals surface area contributed by atoms with Crippen molar-refractivity contribution in [3.05, 3.63) is 11.4 Å². The molecule has 0 radical (unpaired) electrons. The normalized spacial score (nSPS) is 13.5. The Bertz CT molecular complexity index is 381. The molecule has 1 aromatic heterocycles. The van der Waals surface area contributed by atoms with Crippen LogP contribution in [0.15, 0.2) is 0 Å². The minimum atomic E-state index is -0.553. The van der Waals surface area contributed by atoms with E-state index in [9.17, 15) is 4.79 Å². The van der Waals surface area contributed by atoms with E-state index < -0.39 is 11.6 Å². The van der Waals surface area contributed by atoms with E-state index in [1.165, 1.54) is 0 Å². The van der Waals surface area contributed by atoms with Crippen molar-refractivity contribution in [1.82, 2.24) is 15.4 Å². The number of carbonyl (C=O) groups is 1. The molecule has 0 amide bonds. The van der Waals surface area contributed by atoms with Crippen LogP contribution in [0.1, 0.15) is 62.8 Å². The number of H-pyrrole nitrogens is 1. The first-order valence-electron chi connectivity index (χ1n) is 5.74. The Morgan fingerprint density at radius 3 is 2.65 bits per heavy atom. The van der Waals surface area contributed by atoms with Gasteiger partial charge in [0.15, 0.2) is 5.69 Å². The van der Waals surface area contributed by atoms with E-state index in [2.05, 4.69) is 15.4 Å². The zero-order valence-electron chi connectivity index (χ0n) is 10.8. The van der Waals surface area contributed by atoms with Crippen LogP contribution in [-0.4, -0.2) is 27.0 Å². The average Bonchev–Trinajstić information content (AvgIpc) is 2.63. The number of aromatic amines is 1. The van der Waals surface area contributed by atoms with Gasteiger partial charge in [-0.05, 0) is 27.2 Å². The van der Waals surface area contributed by atoms with Crippen LogP contribution in [0.4, 0.5) is 0 Å². The number of nitrogens with zero attached hydrogens (tertiary/aromatic N) is 2. The van der Waals surface area contributed by atoms with Gasteiger partial charge in [-0.2, -0.15) is 10.3 Å². The molecule has 1 rings (SSSR count). The molecule has 1 aromatic rings. The highest BCUT2D eigenvalue weighted by Gasteiger charge is 2.25. The molecule has 96 valence electrons. The van der Waals surface area contributed by atoms with Crippen LogP contribution in [0.3, 0.4) is 0 Å². The van der Waals surface area contributed by atoms with Gasteiger partial charge >= 0.3 is 5.97 Å². The fourth-order valence-electron chi connectivity index (χ4n) is 1.42. The predicted octanol–water partition coefficient (Wildman–Crippen LogP) is 1.56. The van der Waals surface area contributed by atoms with Crippen molar-refractivity contribution in [2.75, 3.05) is 0 Å². The third-order valence-corrected chi connectivity index (χ3v) is 2.12. The van der Waals surface area contributed by atoms with Crippen molar-refractivity contribution in [2.45, 2.75) is 52.2 Å². The molecule has 0 aromatic carbocycles. The number of carbonyl (C=O) groups excluding carboxylic acids is 1. The number of rotatable bonds is 4. The summed E-state index contributed by atoms with van der Waals surface area (Å²) < 4.78 is 5.23. The highest BCUT2D eigenvalue weighted by molar-refractivity contribution is 5.88. The molecule has 0 aliphatic rings. The van der Waals surface area contributed by atoms with Gasteiger partial charge in [-0.1, -0.05) is 13.3 Å². The minimum absolute atomic E-state index is 0.181. The van der Waals surface area contributed by atoms with Gasteiger partial charge < -0.3 is 10.5 Å². The number of ether oxygens (including phenoxy) is 1. The van der Waals surface area contributed by atoms with Crippen LogP contribution in [0.25, 0.3) is 0 Å². The molecular weight excluding hydrogens is 220 g/mol. The van der Waals surface area contributed by atoms with Crippen LogP contribution in [0.2, 0.25) is 0 Å². The smallest absolute Gasteiger partial charge is 0.361 e. The van der Waals surface area contributed by atoms with Gasteiger partial charge in [0.2, 0.25) is 0 Å². The monoisotopic (exact) mass is 240 g/mol. The lowest BCUT2D eigenvalue weighted by atomic mass is 10.1. The SMILES string of the molecule is CCCC(N)c1n[nH]nc1C(=O)OC(C)(C)C. The van der Waals surface area contributed by atoms with Crippen molar-refractivity contribution in [3.63, 3.8) is 0 Å². The number of esters is 1. The predicted molar refractivity (Wildman–Crippen MR) is 63.4 cm³/mol. The molecular formula is C11H20N4O2. The first-order valence-corrected chi connectivity index (χ1v) is 5.74. The summed E-state index contributed by atoms with van der Waals surface area (Å²) in [5.41, 5.74) is 6.02. The molecule has 0 fully saturated rings. The molecule has 1 atom stereocenters. The molecule has 6 nitrogen and oxygen atoms in total. The summed E-state index contributed by atoms with van der Waals surface area (Å²) in [6.07, 6.45) is 1.67. The quantitative estimate of drug-likeness (QED) is 0.779. The van der Waals surface area contributed by atoms with Crippen LogP contribution in [0, 0.1) is 0 Å². The number of nitrogens with one attached hydrogen (secondary N) is 1. The van der Waals surface area contributed by atoms with Crippen molar-refractivity contribution >= 4 is 5.97 Å². The topological polar surface area (TPSA) is 93.9 Å². The lowest BCUT2D eigenvalue weighted by molar-refractivity contribution is 0.00609. The maximum atomic E-state index is 11.9. The second-order valence-electron chi connectivity index (χ2n) is 4.95. The van der Waals surface area contributed by atoms with E-state index >= 15 is 0 Å². The summed E-state index contributed by atoms with van der Waals surface area (Å²) in [5, 5.41) is 10.2. The summed E-state index contributed by atoms with van der Waals surface area (Å²) >= 11 is 0. The summed E-state index contributed by atoms with van der Waals surface area (Å²) in [6.45, 7) is 7.43. The minimum Gasteiger partial charge on any atom is -0.455 e. The van der Waals surface area contributed by atoms with Crippen molar-refractivity contribution in [1.29, 1.82) is 0 Å². The summed E-state index contributed by atoms with van der Waals surface area (Å²) in [5.74, 6) is -0.493. The molecule has 1 heterocycles. The Morgan fingerprint density at radius 1 is 1.47 bits per heavy atom. The molecule has 1 unspecified atom stereocenters. The molecule has 0 aliphatic heterocycles. The summed E-state index contributed by atoms with van der Waals surface area (Å²) in [4.78, 5) is 11.9. The zero-order valence-corrected chi connectivity index (χ0v) is 10.8. The van der Waals surface area contributed by atoms with E-state index in [0.717, 1.165) is 12.8 Å². The molecule has 6 heteroatoms. The summed E-state index contributed by atoms with van der Waals surface area (Å²) in [7, 11) is 0. The van der Waals surface area contributed by atoms with Crippen molar-refractivity contribution in [2.24, 2.45) is 5.73 Å². The third-order valence-electron chi connectivity index (χ3n) is 2.12. The van der Waals surface area contributed by atoms with Crippen LogP contribution < -0.4 is 5.73 Å². The van der Waals surface area contributed by atoms with Crippen molar-refractivity contribution < 1.29 is 9.53 Å². The van der Waals surface area contributed by atoms with E-state index in [0.29, 0.717) is 5.69 Å². The number of hydrogen-bond acceptors (Lipinski definition) is 5. The van der Waals surface area contributed by atoms with Gasteiger partial charge in [0.05, 0.1) is 6.04 Å². The van der Waals surface area contributed by atoms with Crippen LogP contribution >= 0.6 is 0 Å². The molecule has 0 spiro atoms. The van der Waals surface area contributed by atoms with Gasteiger partial charge in [0.25, 0.3) is 0 Å². The molecule has 3 N–H and O–H groups in total. The summed E-state index contributed by atoms with van der Waals surface area (Å²) in [6, 6.07) is -0.290. The van der Waals surface area contributed by atoms with Gasteiger partial charge in [-0.3, -0.25) is 0 Å². The standard InChI is InChI=1S/C11H20N4O2/c1-5-6-7(12)8-9(14-15-13-8)10(16)17-11(2,3)4/h7H,5-6,12H2,1-4H3,(H,13,14,15). The second kappa shape index (κ2) is 5.27. The largest absolute Gasteiger partial charge is 0.455 e. The highest BCUT2D eigenvalue weighted by atomic mass is 16.6. The first-order chi connectivity index (χ1) is 7.85. The van der Waals surface area contributed by atoms with Gasteiger partial charge in [-0.15, -0.1) is 5.10 Å². The van der Waals surface area contributed by atoms with E-state index in [1.807, 2.05) is 6.92 Å². The average molecular weight is 240 g/mol. The fraction of sp³-hybridized carbons (Fsp3) is 0.727. The Hall–Kier alpha value is -1.43. The van der Waals surface area contributed by atoms with E-state index in [-0.39, 0.29) is 11.7 Å². The Morgan fingerprint density at radius 2 is 2.12 bits per heavy atom. The second-order valence-corrected chi connectivity index (χ2v) is 4.95. The van der Waals surface area contributed by atoms with Gasteiger partial charge in [0.1, 0.15) is 11.3 Å². The molecule has 0 saturated heterocycles. The van der Waals surface area contributed by atoms with Gasteiger partial charge in [0, 0.05) is 0 Å². The molecule has 0 saturated carbocycles. The Kier molecular flexibility index (Phi) is 4.22. The van der Waals surface area contributed by atoms with Gasteiger partial charge in [-0.25, -0.2) is 4.79 Å². The Labute approximate surface area is 101 Å². The highest BCUT2D eigenvalue weighted by Crippen LogP contribution is 2.18.